The second kappa shape index (κ2) is 7.55. The number of thiazole rings is 1. The number of hydrogen-bond acceptors (Lipinski definition) is 6. The maximum absolute atomic E-state index is 12.0. The molecule has 0 saturated carbocycles. The van der Waals surface area contributed by atoms with E-state index in [4.69, 9.17) is 10.5 Å². The fourth-order valence-corrected chi connectivity index (χ4v) is 3.61. The molecule has 136 valence electrons. The zero-order valence-electron chi connectivity index (χ0n) is 14.7. The van der Waals surface area contributed by atoms with Crippen LogP contribution in [0.4, 0.5) is 15.6 Å². The summed E-state index contributed by atoms with van der Waals surface area (Å²) in [5, 5.41) is 6.70. The van der Waals surface area contributed by atoms with Gasteiger partial charge >= 0.3 is 6.03 Å². The Kier molecular flexibility index (Phi) is 5.41. The molecule has 0 radical (unpaired) electrons. The van der Waals surface area contributed by atoms with Crippen molar-refractivity contribution in [1.82, 2.24) is 10.3 Å². The maximum Gasteiger partial charge on any atom is 0.319 e. The van der Waals surface area contributed by atoms with Gasteiger partial charge in [-0.15, -0.1) is 0 Å². The first-order chi connectivity index (χ1) is 11.9. The van der Waals surface area contributed by atoms with Gasteiger partial charge < -0.3 is 26.0 Å². The van der Waals surface area contributed by atoms with E-state index in [1.165, 1.54) is 0 Å². The summed E-state index contributed by atoms with van der Waals surface area (Å²) < 4.78 is 6.44. The van der Waals surface area contributed by atoms with Gasteiger partial charge in [-0.2, -0.15) is 0 Å². The normalized spacial score (nSPS) is 15.4. The Morgan fingerprint density at radius 1 is 1.40 bits per heavy atom. The number of nitrogens with zero attached hydrogens (tertiary/aromatic N) is 2. The van der Waals surface area contributed by atoms with Crippen LogP contribution in [0.5, 0.6) is 0 Å². The van der Waals surface area contributed by atoms with E-state index in [9.17, 15) is 4.79 Å². The largest absolute Gasteiger partial charge is 0.378 e. The number of hydrogen-bond donors (Lipinski definition) is 3. The molecule has 7 nitrogen and oxygen atoms in total. The Bertz CT molecular complexity index is 734. The van der Waals surface area contributed by atoms with Gasteiger partial charge in [0, 0.05) is 30.9 Å². The Labute approximate surface area is 151 Å². The molecule has 0 aliphatic carbocycles. The van der Waals surface area contributed by atoms with Gasteiger partial charge in [-0.1, -0.05) is 11.3 Å². The molecule has 4 N–H and O–H groups in total. The van der Waals surface area contributed by atoms with Gasteiger partial charge in [-0.05, 0) is 38.5 Å². The quantitative estimate of drug-likeness (QED) is 0.758. The highest BCUT2D eigenvalue weighted by molar-refractivity contribution is 7.22. The lowest BCUT2D eigenvalue weighted by Gasteiger charge is -2.25. The highest BCUT2D eigenvalue weighted by Crippen LogP contribution is 2.31. The topological polar surface area (TPSA) is 92.5 Å². The SMILES string of the molecule is CC(C)(N)CCNC(=O)Nc1ccc2nc(N3CCOCC3)sc2c1. The summed E-state index contributed by atoms with van der Waals surface area (Å²) in [6, 6.07) is 5.55. The number of rotatable bonds is 5. The molecule has 25 heavy (non-hydrogen) atoms. The number of amides is 2. The lowest BCUT2D eigenvalue weighted by molar-refractivity contribution is 0.122. The monoisotopic (exact) mass is 363 g/mol. The van der Waals surface area contributed by atoms with Gasteiger partial charge in [0.05, 0.1) is 23.4 Å². The average molecular weight is 363 g/mol. The lowest BCUT2D eigenvalue weighted by atomic mass is 10.0. The number of carbonyl (C=O) groups is 1. The van der Waals surface area contributed by atoms with Crippen LogP contribution in [-0.4, -0.2) is 49.4 Å². The Balaban J connectivity index is 1.61. The van der Waals surface area contributed by atoms with Crippen molar-refractivity contribution in [1.29, 1.82) is 0 Å². The number of carbonyl (C=O) groups excluding carboxylic acids is 1. The van der Waals surface area contributed by atoms with Crippen molar-refractivity contribution < 1.29 is 9.53 Å². The van der Waals surface area contributed by atoms with Crippen molar-refractivity contribution in [3.05, 3.63) is 18.2 Å². The number of morpholine rings is 1. The Morgan fingerprint density at radius 3 is 2.88 bits per heavy atom. The number of fused-ring (bicyclic) bond motifs is 1. The molecule has 0 unspecified atom stereocenters. The third-order valence-corrected chi connectivity index (χ3v) is 5.05. The molecular formula is C17H25N5O2S. The first kappa shape index (κ1) is 17.9. The van der Waals surface area contributed by atoms with Gasteiger partial charge in [0.15, 0.2) is 5.13 Å². The van der Waals surface area contributed by atoms with Gasteiger partial charge in [0.2, 0.25) is 0 Å². The lowest BCUT2D eigenvalue weighted by Crippen LogP contribution is -2.38. The number of aromatic nitrogens is 1. The fourth-order valence-electron chi connectivity index (χ4n) is 2.55. The number of ether oxygens (including phenoxy) is 1. The van der Waals surface area contributed by atoms with Gasteiger partial charge in [0.25, 0.3) is 0 Å². The van der Waals surface area contributed by atoms with E-state index in [1.807, 2.05) is 32.0 Å². The number of nitrogens with two attached hydrogens (primary N) is 1. The van der Waals surface area contributed by atoms with E-state index in [2.05, 4.69) is 20.5 Å². The molecule has 1 aliphatic heterocycles. The minimum absolute atomic E-state index is 0.221. The standard InChI is InChI=1S/C17H25N5O2S/c1-17(2,18)5-6-19-15(23)20-12-3-4-13-14(11-12)25-16(21-13)22-7-9-24-10-8-22/h3-4,11H,5-10,18H2,1-2H3,(H2,19,20,23). The van der Waals surface area contributed by atoms with Crippen LogP contribution < -0.4 is 21.3 Å². The molecule has 0 spiro atoms. The van der Waals surface area contributed by atoms with Gasteiger partial charge in [0.1, 0.15) is 0 Å². The van der Waals surface area contributed by atoms with Crippen molar-refractivity contribution in [2.75, 3.05) is 43.1 Å². The molecule has 0 bridgehead atoms. The number of nitrogens with one attached hydrogen (secondary N) is 2. The molecule has 2 heterocycles. The third kappa shape index (κ3) is 5.04. The molecule has 0 atom stereocenters. The van der Waals surface area contributed by atoms with Crippen LogP contribution in [0.2, 0.25) is 0 Å². The second-order valence-electron chi connectivity index (χ2n) is 6.90. The smallest absolute Gasteiger partial charge is 0.319 e. The first-order valence-corrected chi connectivity index (χ1v) is 9.29. The predicted octanol–water partition coefficient (Wildman–Crippen LogP) is 2.38. The summed E-state index contributed by atoms with van der Waals surface area (Å²) in [7, 11) is 0. The molecular weight excluding hydrogens is 338 g/mol. The van der Waals surface area contributed by atoms with E-state index in [0.717, 1.165) is 53.8 Å². The Hall–Kier alpha value is -1.90. The molecule has 2 aromatic rings. The summed E-state index contributed by atoms with van der Waals surface area (Å²) in [6.45, 7) is 7.63. The Morgan fingerprint density at radius 2 is 2.16 bits per heavy atom. The van der Waals surface area contributed by atoms with Crippen molar-refractivity contribution in [2.24, 2.45) is 5.73 Å². The van der Waals surface area contributed by atoms with E-state index < -0.39 is 0 Å². The summed E-state index contributed by atoms with van der Waals surface area (Å²) >= 11 is 1.64. The summed E-state index contributed by atoms with van der Waals surface area (Å²) in [4.78, 5) is 18.9. The third-order valence-electron chi connectivity index (χ3n) is 3.97. The van der Waals surface area contributed by atoms with Crippen molar-refractivity contribution in [2.45, 2.75) is 25.8 Å². The zero-order chi connectivity index (χ0) is 17.9. The van der Waals surface area contributed by atoms with E-state index in [0.29, 0.717) is 6.54 Å². The van der Waals surface area contributed by atoms with E-state index >= 15 is 0 Å². The first-order valence-electron chi connectivity index (χ1n) is 8.48. The summed E-state index contributed by atoms with van der Waals surface area (Å²) in [5.74, 6) is 0. The fraction of sp³-hybridized carbons (Fsp3) is 0.529. The number of anilines is 2. The molecule has 1 aromatic carbocycles. The van der Waals surface area contributed by atoms with Gasteiger partial charge in [-0.25, -0.2) is 9.78 Å². The molecule has 1 aromatic heterocycles. The van der Waals surface area contributed by atoms with E-state index in [1.54, 1.807) is 11.3 Å². The molecule has 1 aliphatic rings. The molecule has 8 heteroatoms. The van der Waals surface area contributed by atoms with Crippen LogP contribution in [-0.2, 0) is 4.74 Å². The minimum Gasteiger partial charge on any atom is -0.378 e. The summed E-state index contributed by atoms with van der Waals surface area (Å²) in [5.41, 5.74) is 7.33. The van der Waals surface area contributed by atoms with Crippen LogP contribution in [0.25, 0.3) is 10.2 Å². The van der Waals surface area contributed by atoms with Crippen LogP contribution in [0, 0.1) is 0 Å². The van der Waals surface area contributed by atoms with Crippen LogP contribution in [0.3, 0.4) is 0 Å². The number of urea groups is 1. The molecule has 2 amide bonds. The molecule has 3 rings (SSSR count). The number of benzene rings is 1. The van der Waals surface area contributed by atoms with Crippen LogP contribution in [0.15, 0.2) is 18.2 Å². The predicted molar refractivity (Wildman–Crippen MR) is 103 cm³/mol. The average Bonchev–Trinajstić information content (AvgIpc) is 2.97. The summed E-state index contributed by atoms with van der Waals surface area (Å²) in [6.07, 6.45) is 0.719. The zero-order valence-corrected chi connectivity index (χ0v) is 15.5. The van der Waals surface area contributed by atoms with Crippen molar-refractivity contribution in [3.63, 3.8) is 0 Å². The van der Waals surface area contributed by atoms with Crippen molar-refractivity contribution >= 4 is 38.4 Å². The van der Waals surface area contributed by atoms with Crippen LogP contribution in [0.1, 0.15) is 20.3 Å². The van der Waals surface area contributed by atoms with Gasteiger partial charge in [-0.3, -0.25) is 0 Å². The highest BCUT2D eigenvalue weighted by atomic mass is 32.1. The maximum atomic E-state index is 12.0. The molecule has 1 fully saturated rings. The minimum atomic E-state index is -0.287. The van der Waals surface area contributed by atoms with E-state index in [-0.39, 0.29) is 11.6 Å². The van der Waals surface area contributed by atoms with Crippen molar-refractivity contribution in [3.8, 4) is 0 Å². The highest BCUT2D eigenvalue weighted by Gasteiger charge is 2.16. The van der Waals surface area contributed by atoms with Crippen LogP contribution >= 0.6 is 11.3 Å². The molecule has 1 saturated heterocycles. The second-order valence-corrected chi connectivity index (χ2v) is 7.91.